The zero-order valence-corrected chi connectivity index (χ0v) is 11.7. The largest absolute Gasteiger partial charge is 0.355 e. The Morgan fingerprint density at radius 1 is 1.21 bits per heavy atom. The third kappa shape index (κ3) is 4.06. The van der Waals surface area contributed by atoms with Crippen molar-refractivity contribution in [3.05, 3.63) is 35.4 Å². The number of aryl methyl sites for hydroxylation is 1. The lowest BCUT2D eigenvalue weighted by atomic mass is 9.83. The van der Waals surface area contributed by atoms with Crippen LogP contribution in [-0.2, 0) is 17.6 Å². The van der Waals surface area contributed by atoms with Crippen LogP contribution >= 0.6 is 0 Å². The van der Waals surface area contributed by atoms with Crippen LogP contribution in [0.5, 0.6) is 0 Å². The molecule has 0 saturated carbocycles. The normalized spacial score (nSPS) is 17.8. The first-order chi connectivity index (χ1) is 9.31. The predicted octanol–water partition coefficient (Wildman–Crippen LogP) is 1.91. The van der Waals surface area contributed by atoms with Gasteiger partial charge >= 0.3 is 0 Å². The molecule has 1 aromatic rings. The summed E-state index contributed by atoms with van der Waals surface area (Å²) in [5, 5.41) is 6.33. The van der Waals surface area contributed by atoms with Crippen LogP contribution in [0.1, 0.15) is 30.9 Å². The zero-order chi connectivity index (χ0) is 13.5. The topological polar surface area (TPSA) is 41.1 Å². The van der Waals surface area contributed by atoms with Gasteiger partial charge in [0, 0.05) is 19.0 Å². The van der Waals surface area contributed by atoms with Gasteiger partial charge in [-0.3, -0.25) is 4.79 Å². The maximum absolute atomic E-state index is 12.1. The van der Waals surface area contributed by atoms with Gasteiger partial charge in [0.1, 0.15) is 0 Å². The van der Waals surface area contributed by atoms with Crippen LogP contribution in [-0.4, -0.2) is 25.5 Å². The fraction of sp³-hybridized carbons (Fsp3) is 0.562. The quantitative estimate of drug-likeness (QED) is 0.767. The summed E-state index contributed by atoms with van der Waals surface area (Å²) in [6.45, 7) is 4.76. The van der Waals surface area contributed by atoms with Gasteiger partial charge in [0.05, 0.1) is 0 Å². The van der Waals surface area contributed by atoms with E-state index in [1.807, 2.05) is 0 Å². The smallest absolute Gasteiger partial charge is 0.223 e. The Morgan fingerprint density at radius 2 is 2.00 bits per heavy atom. The van der Waals surface area contributed by atoms with Gasteiger partial charge in [-0.2, -0.15) is 0 Å². The maximum Gasteiger partial charge on any atom is 0.223 e. The van der Waals surface area contributed by atoms with E-state index in [2.05, 4.69) is 41.8 Å². The second-order valence-electron chi connectivity index (χ2n) is 5.25. The van der Waals surface area contributed by atoms with Crippen molar-refractivity contribution in [2.45, 2.75) is 32.6 Å². The monoisotopic (exact) mass is 260 g/mol. The highest BCUT2D eigenvalue weighted by molar-refractivity contribution is 5.79. The fourth-order valence-electron chi connectivity index (χ4n) is 2.64. The van der Waals surface area contributed by atoms with Crippen LogP contribution in [0.2, 0.25) is 0 Å². The fourth-order valence-corrected chi connectivity index (χ4v) is 2.64. The molecule has 0 aliphatic heterocycles. The molecule has 0 aromatic heterocycles. The van der Waals surface area contributed by atoms with Gasteiger partial charge in [0.2, 0.25) is 5.91 Å². The van der Waals surface area contributed by atoms with Crippen LogP contribution in [0, 0.1) is 5.92 Å². The van der Waals surface area contributed by atoms with Crippen molar-refractivity contribution >= 4 is 5.91 Å². The zero-order valence-electron chi connectivity index (χ0n) is 11.7. The number of benzene rings is 1. The number of hydrogen-bond acceptors (Lipinski definition) is 2. The molecule has 3 nitrogen and oxygen atoms in total. The molecule has 0 fully saturated rings. The number of hydrogen-bond donors (Lipinski definition) is 2. The molecule has 0 bridgehead atoms. The lowest BCUT2D eigenvalue weighted by molar-refractivity contribution is -0.125. The molecule has 0 saturated heterocycles. The van der Waals surface area contributed by atoms with E-state index in [9.17, 15) is 4.79 Å². The van der Waals surface area contributed by atoms with Crippen molar-refractivity contribution in [3.8, 4) is 0 Å². The lowest BCUT2D eigenvalue weighted by Gasteiger charge is -2.23. The molecule has 2 N–H and O–H groups in total. The lowest BCUT2D eigenvalue weighted by Crippen LogP contribution is -2.38. The van der Waals surface area contributed by atoms with E-state index < -0.39 is 0 Å². The summed E-state index contributed by atoms with van der Waals surface area (Å²) in [7, 11) is 0. The molecular weight excluding hydrogens is 236 g/mol. The minimum atomic E-state index is 0.154. The molecule has 0 spiro atoms. The summed E-state index contributed by atoms with van der Waals surface area (Å²) in [5.41, 5.74) is 2.76. The van der Waals surface area contributed by atoms with Crippen LogP contribution in [0.3, 0.4) is 0 Å². The first-order valence-corrected chi connectivity index (χ1v) is 7.36. The van der Waals surface area contributed by atoms with E-state index in [0.29, 0.717) is 0 Å². The SMILES string of the molecule is CCCNCCNC(=O)C1CCc2ccccc2C1. The summed E-state index contributed by atoms with van der Waals surface area (Å²) in [6.07, 6.45) is 4.03. The van der Waals surface area contributed by atoms with Crippen molar-refractivity contribution in [3.63, 3.8) is 0 Å². The summed E-state index contributed by atoms with van der Waals surface area (Å²) < 4.78 is 0. The standard InChI is InChI=1S/C16H24N2O/c1-2-9-17-10-11-18-16(19)15-8-7-13-5-3-4-6-14(13)12-15/h3-6,15,17H,2,7-12H2,1H3,(H,18,19). The van der Waals surface area contributed by atoms with Gasteiger partial charge in [0.15, 0.2) is 0 Å². The van der Waals surface area contributed by atoms with Gasteiger partial charge in [-0.15, -0.1) is 0 Å². The van der Waals surface area contributed by atoms with E-state index in [4.69, 9.17) is 0 Å². The van der Waals surface area contributed by atoms with Crippen molar-refractivity contribution < 1.29 is 4.79 Å². The third-order valence-electron chi connectivity index (χ3n) is 3.75. The maximum atomic E-state index is 12.1. The molecule has 3 heteroatoms. The van der Waals surface area contributed by atoms with E-state index >= 15 is 0 Å². The van der Waals surface area contributed by atoms with Crippen molar-refractivity contribution in [2.75, 3.05) is 19.6 Å². The Labute approximate surface area is 115 Å². The number of fused-ring (bicyclic) bond motifs is 1. The van der Waals surface area contributed by atoms with Gasteiger partial charge in [0.25, 0.3) is 0 Å². The van der Waals surface area contributed by atoms with Crippen molar-refractivity contribution in [1.82, 2.24) is 10.6 Å². The average molecular weight is 260 g/mol. The molecule has 104 valence electrons. The molecule has 1 amide bonds. The number of nitrogens with one attached hydrogen (secondary N) is 2. The van der Waals surface area contributed by atoms with Gasteiger partial charge in [-0.25, -0.2) is 0 Å². The third-order valence-corrected chi connectivity index (χ3v) is 3.75. The summed E-state index contributed by atoms with van der Waals surface area (Å²) in [5.74, 6) is 0.369. The summed E-state index contributed by atoms with van der Waals surface area (Å²) in [4.78, 5) is 12.1. The molecule has 1 aliphatic rings. The molecule has 1 atom stereocenters. The van der Waals surface area contributed by atoms with Crippen LogP contribution in [0.15, 0.2) is 24.3 Å². The number of rotatable bonds is 6. The van der Waals surface area contributed by atoms with Crippen LogP contribution in [0.25, 0.3) is 0 Å². The van der Waals surface area contributed by atoms with Gasteiger partial charge < -0.3 is 10.6 Å². The highest BCUT2D eigenvalue weighted by atomic mass is 16.1. The van der Waals surface area contributed by atoms with Crippen molar-refractivity contribution in [2.24, 2.45) is 5.92 Å². The van der Waals surface area contributed by atoms with Gasteiger partial charge in [-0.1, -0.05) is 31.2 Å². The highest BCUT2D eigenvalue weighted by Crippen LogP contribution is 2.25. The molecule has 19 heavy (non-hydrogen) atoms. The Balaban J connectivity index is 1.76. The van der Waals surface area contributed by atoms with Crippen LogP contribution < -0.4 is 10.6 Å². The number of amides is 1. The minimum Gasteiger partial charge on any atom is -0.355 e. The average Bonchev–Trinajstić information content (AvgIpc) is 2.46. The highest BCUT2D eigenvalue weighted by Gasteiger charge is 2.23. The molecule has 0 radical (unpaired) electrons. The minimum absolute atomic E-state index is 0.154. The Kier molecular flexibility index (Phi) is 5.40. The Hall–Kier alpha value is -1.35. The van der Waals surface area contributed by atoms with Crippen LogP contribution in [0.4, 0.5) is 0 Å². The Morgan fingerprint density at radius 3 is 2.79 bits per heavy atom. The van der Waals surface area contributed by atoms with E-state index in [-0.39, 0.29) is 11.8 Å². The number of carbonyl (C=O) groups is 1. The molecule has 1 aliphatic carbocycles. The molecular formula is C16H24N2O. The molecule has 1 unspecified atom stereocenters. The molecule has 1 aromatic carbocycles. The van der Waals surface area contributed by atoms with E-state index in [0.717, 1.165) is 45.3 Å². The second kappa shape index (κ2) is 7.29. The first kappa shape index (κ1) is 14.1. The number of carbonyl (C=O) groups excluding carboxylic acids is 1. The van der Waals surface area contributed by atoms with E-state index in [1.54, 1.807) is 0 Å². The molecule has 2 rings (SSSR count). The second-order valence-corrected chi connectivity index (χ2v) is 5.25. The summed E-state index contributed by atoms with van der Waals surface area (Å²) in [6, 6.07) is 8.47. The molecule has 0 heterocycles. The van der Waals surface area contributed by atoms with E-state index in [1.165, 1.54) is 11.1 Å². The first-order valence-electron chi connectivity index (χ1n) is 7.36. The summed E-state index contributed by atoms with van der Waals surface area (Å²) >= 11 is 0. The van der Waals surface area contributed by atoms with Crippen molar-refractivity contribution in [1.29, 1.82) is 0 Å². The van der Waals surface area contributed by atoms with Gasteiger partial charge in [-0.05, 0) is 43.4 Å². The predicted molar refractivity (Wildman–Crippen MR) is 78.1 cm³/mol. The Bertz CT molecular complexity index is 417.